The van der Waals surface area contributed by atoms with E-state index in [-0.39, 0.29) is 40.9 Å². The lowest BCUT2D eigenvalue weighted by Gasteiger charge is -2.44. The zero-order chi connectivity index (χ0) is 32.6. The van der Waals surface area contributed by atoms with Gasteiger partial charge in [-0.1, -0.05) is 23.8 Å². The molecule has 0 aromatic heterocycles. The standard InChI is InChI=1S/C34H25FN2O9/c35-24-3-1-2-20(28(24)38)25-19-12-13-21-26(31(41)36(29(21)39)17-8-4-15(5-9-17)33(43)44)22(19)14-23-27(25)32(42)37(30(23)40)18-10-6-16(7-11-18)34(45)46/h1-12,21-23,25-27,38H,13-14H2,(H,43,44)(H,45,46)/t21-,22+,23+,25+,26-,27+/m0/s1. The number of carboxylic acid groups (broad SMARTS) is 2. The van der Waals surface area contributed by atoms with Gasteiger partial charge < -0.3 is 15.3 Å². The maximum Gasteiger partial charge on any atom is 0.335 e. The third-order valence-electron chi connectivity index (χ3n) is 9.75. The number of phenols is 1. The molecule has 2 aliphatic heterocycles. The van der Waals surface area contributed by atoms with Crippen LogP contribution >= 0.6 is 0 Å². The number of benzene rings is 3. The van der Waals surface area contributed by atoms with Gasteiger partial charge in [-0.25, -0.2) is 14.0 Å². The van der Waals surface area contributed by atoms with Crippen LogP contribution in [-0.2, 0) is 19.2 Å². The monoisotopic (exact) mass is 624 g/mol. The van der Waals surface area contributed by atoms with Crippen LogP contribution in [0.2, 0.25) is 0 Å². The molecule has 2 heterocycles. The molecule has 4 aliphatic rings. The number of nitrogens with zero attached hydrogens (tertiary/aromatic N) is 2. The zero-order valence-electron chi connectivity index (χ0n) is 23.9. The van der Waals surface area contributed by atoms with Gasteiger partial charge in [0.25, 0.3) is 0 Å². The van der Waals surface area contributed by atoms with Gasteiger partial charge in [0.2, 0.25) is 23.6 Å². The van der Waals surface area contributed by atoms with Crippen molar-refractivity contribution in [3.63, 3.8) is 0 Å². The van der Waals surface area contributed by atoms with E-state index in [4.69, 9.17) is 0 Å². The van der Waals surface area contributed by atoms with Gasteiger partial charge in [-0.15, -0.1) is 0 Å². The number of carbonyl (C=O) groups is 6. The van der Waals surface area contributed by atoms with Crippen molar-refractivity contribution in [3.05, 3.63) is 101 Å². The topological polar surface area (TPSA) is 170 Å². The molecule has 3 aromatic rings. The molecule has 3 N–H and O–H groups in total. The number of imide groups is 2. The van der Waals surface area contributed by atoms with E-state index in [0.717, 1.165) is 15.9 Å². The summed E-state index contributed by atoms with van der Waals surface area (Å²) in [5, 5.41) is 29.4. The molecule has 46 heavy (non-hydrogen) atoms. The van der Waals surface area contributed by atoms with E-state index in [1.54, 1.807) is 6.08 Å². The molecule has 1 saturated carbocycles. The maximum absolute atomic E-state index is 14.7. The van der Waals surface area contributed by atoms with Crippen LogP contribution in [0.4, 0.5) is 15.8 Å². The average Bonchev–Trinajstić information content (AvgIpc) is 3.45. The first kappa shape index (κ1) is 29.1. The molecule has 11 nitrogen and oxygen atoms in total. The molecule has 2 saturated heterocycles. The van der Waals surface area contributed by atoms with Crippen LogP contribution in [-0.4, -0.2) is 50.9 Å². The normalized spacial score (nSPS) is 26.8. The third kappa shape index (κ3) is 4.16. The highest BCUT2D eigenvalue weighted by atomic mass is 19.1. The van der Waals surface area contributed by atoms with Crippen molar-refractivity contribution >= 4 is 46.9 Å². The van der Waals surface area contributed by atoms with Crippen LogP contribution in [0.1, 0.15) is 45.0 Å². The van der Waals surface area contributed by atoms with Crippen LogP contribution in [0.3, 0.4) is 0 Å². The Bertz CT molecular complexity index is 1900. The fourth-order valence-corrected chi connectivity index (χ4v) is 7.73. The highest BCUT2D eigenvalue weighted by Gasteiger charge is 2.62. The Labute approximate surface area is 260 Å². The summed E-state index contributed by atoms with van der Waals surface area (Å²) in [7, 11) is 0. The molecule has 3 aromatic carbocycles. The molecule has 3 fully saturated rings. The van der Waals surface area contributed by atoms with E-state index in [2.05, 4.69) is 0 Å². The second kappa shape index (κ2) is 10.5. The van der Waals surface area contributed by atoms with Gasteiger partial charge >= 0.3 is 11.9 Å². The van der Waals surface area contributed by atoms with Gasteiger partial charge in [0, 0.05) is 11.5 Å². The lowest BCUT2D eigenvalue weighted by Crippen LogP contribution is -2.43. The largest absolute Gasteiger partial charge is 0.505 e. The highest BCUT2D eigenvalue weighted by molar-refractivity contribution is 6.24. The molecule has 6 atom stereocenters. The van der Waals surface area contributed by atoms with Crippen molar-refractivity contribution in [1.82, 2.24) is 0 Å². The number of rotatable bonds is 5. The van der Waals surface area contributed by atoms with Crippen LogP contribution in [0.25, 0.3) is 0 Å². The lowest BCUT2D eigenvalue weighted by atomic mass is 9.57. The maximum atomic E-state index is 14.7. The van der Waals surface area contributed by atoms with Crippen molar-refractivity contribution < 1.29 is 48.5 Å². The number of amides is 4. The number of aromatic carboxylic acids is 2. The van der Waals surface area contributed by atoms with Crippen LogP contribution in [0.5, 0.6) is 5.75 Å². The number of para-hydroxylation sites is 1. The average molecular weight is 625 g/mol. The number of halogens is 1. The summed E-state index contributed by atoms with van der Waals surface area (Å²) in [4.78, 5) is 80.5. The zero-order valence-corrected chi connectivity index (χ0v) is 23.9. The van der Waals surface area contributed by atoms with E-state index in [1.165, 1.54) is 60.7 Å². The molecule has 0 spiro atoms. The molecule has 2 aliphatic carbocycles. The summed E-state index contributed by atoms with van der Waals surface area (Å²) in [5.74, 6) is -11.6. The van der Waals surface area contributed by atoms with Gasteiger partial charge in [0.15, 0.2) is 11.6 Å². The van der Waals surface area contributed by atoms with Crippen molar-refractivity contribution in [2.75, 3.05) is 9.80 Å². The van der Waals surface area contributed by atoms with Gasteiger partial charge in [0.05, 0.1) is 46.2 Å². The Kier molecular flexibility index (Phi) is 6.62. The van der Waals surface area contributed by atoms with Gasteiger partial charge in [0.1, 0.15) is 0 Å². The molecule has 4 amide bonds. The van der Waals surface area contributed by atoms with Crippen molar-refractivity contribution in [2.24, 2.45) is 29.6 Å². The summed E-state index contributed by atoms with van der Waals surface area (Å²) < 4.78 is 14.7. The number of carboxylic acids is 2. The Hall–Kier alpha value is -5.65. The highest BCUT2D eigenvalue weighted by Crippen LogP contribution is 2.59. The second-order valence-corrected chi connectivity index (χ2v) is 11.9. The number of fused-ring (bicyclic) bond motifs is 4. The Morgan fingerprint density at radius 2 is 1.20 bits per heavy atom. The molecule has 0 unspecified atom stereocenters. The van der Waals surface area contributed by atoms with E-state index < -0.39 is 82.6 Å². The molecular formula is C34H25FN2O9. The first-order valence-corrected chi connectivity index (χ1v) is 14.6. The SMILES string of the molecule is O=C(O)c1ccc(N2C(=O)[C@H]3[C@H](CC=C4[C@H]3C[C@H]3C(=O)N(c5ccc(C(=O)O)cc5)C(=O)[C@H]3[C@H]4c3cccc(F)c3O)C2=O)cc1. The molecular weight excluding hydrogens is 599 g/mol. The number of allylic oxidation sites excluding steroid dienone is 2. The fraction of sp³-hybridized carbons (Fsp3) is 0.235. The minimum Gasteiger partial charge on any atom is -0.505 e. The Balaban J connectivity index is 1.31. The van der Waals surface area contributed by atoms with Crippen LogP contribution in [0.15, 0.2) is 78.4 Å². The minimum atomic E-state index is -1.19. The van der Waals surface area contributed by atoms with E-state index in [1.807, 2.05) is 0 Å². The second-order valence-electron chi connectivity index (χ2n) is 11.9. The summed E-state index contributed by atoms with van der Waals surface area (Å²) in [6, 6.07) is 14.5. The Morgan fingerprint density at radius 1 is 0.674 bits per heavy atom. The number of hydrogen-bond acceptors (Lipinski definition) is 7. The molecule has 232 valence electrons. The van der Waals surface area contributed by atoms with Crippen molar-refractivity contribution in [1.29, 1.82) is 0 Å². The molecule has 0 radical (unpaired) electrons. The number of anilines is 2. The van der Waals surface area contributed by atoms with Gasteiger partial charge in [-0.2, -0.15) is 0 Å². The molecule has 0 bridgehead atoms. The summed E-state index contributed by atoms with van der Waals surface area (Å²) >= 11 is 0. The number of phenolic OH excluding ortho intramolecular Hbond substituents is 1. The summed E-state index contributed by atoms with van der Waals surface area (Å²) in [6.07, 6.45) is 1.90. The lowest BCUT2D eigenvalue weighted by molar-refractivity contribution is -0.126. The van der Waals surface area contributed by atoms with Crippen LogP contribution < -0.4 is 9.80 Å². The van der Waals surface area contributed by atoms with E-state index in [9.17, 15) is 48.5 Å². The first-order chi connectivity index (χ1) is 22.0. The number of aromatic hydroxyl groups is 1. The van der Waals surface area contributed by atoms with Gasteiger partial charge in [-0.05, 0) is 73.4 Å². The summed E-state index contributed by atoms with van der Waals surface area (Å²) in [5.41, 5.74) is 0.911. The predicted molar refractivity (Wildman–Crippen MR) is 157 cm³/mol. The fourth-order valence-electron chi connectivity index (χ4n) is 7.73. The minimum absolute atomic E-state index is 0.0214. The quantitative estimate of drug-likeness (QED) is 0.281. The smallest absolute Gasteiger partial charge is 0.335 e. The third-order valence-corrected chi connectivity index (χ3v) is 9.75. The Morgan fingerprint density at radius 3 is 1.74 bits per heavy atom. The van der Waals surface area contributed by atoms with E-state index >= 15 is 0 Å². The van der Waals surface area contributed by atoms with Crippen molar-refractivity contribution in [2.45, 2.75) is 18.8 Å². The molecule has 7 rings (SSSR count). The molecule has 12 heteroatoms. The van der Waals surface area contributed by atoms with Crippen LogP contribution in [0, 0.1) is 35.4 Å². The van der Waals surface area contributed by atoms with Gasteiger partial charge in [-0.3, -0.25) is 29.0 Å². The first-order valence-electron chi connectivity index (χ1n) is 14.6. The van der Waals surface area contributed by atoms with Crippen molar-refractivity contribution in [3.8, 4) is 5.75 Å². The van der Waals surface area contributed by atoms with E-state index in [0.29, 0.717) is 5.57 Å². The summed E-state index contributed by atoms with van der Waals surface area (Å²) in [6.45, 7) is 0. The predicted octanol–water partition coefficient (Wildman–Crippen LogP) is 3.97. The number of hydrogen-bond donors (Lipinski definition) is 3. The number of carbonyl (C=O) groups excluding carboxylic acids is 4.